The monoisotopic (exact) mass is 462 g/mol. The number of aliphatic carboxylic acids is 1. The molecule has 7 nitrogen and oxygen atoms in total. The molecule has 3 aliphatic rings. The maximum atomic E-state index is 12.8. The molecule has 4 atom stereocenters. The third kappa shape index (κ3) is 4.27. The van der Waals surface area contributed by atoms with E-state index in [4.69, 9.17) is 4.74 Å². The molecule has 1 saturated carbocycles. The smallest absolute Gasteiger partial charge is 0.407 e. The minimum absolute atomic E-state index is 0.0177. The number of benzene rings is 2. The van der Waals surface area contributed by atoms with Gasteiger partial charge in [-0.15, -0.1) is 0 Å². The highest BCUT2D eigenvalue weighted by Crippen LogP contribution is 2.44. The number of carbonyl (C=O) groups is 3. The van der Waals surface area contributed by atoms with Crippen molar-refractivity contribution in [3.63, 3.8) is 0 Å². The van der Waals surface area contributed by atoms with Crippen molar-refractivity contribution in [2.45, 2.75) is 25.7 Å². The van der Waals surface area contributed by atoms with Gasteiger partial charge in [-0.25, -0.2) is 4.79 Å². The number of carboxylic acids is 1. The van der Waals surface area contributed by atoms with E-state index < -0.39 is 12.1 Å². The van der Waals surface area contributed by atoms with Crippen LogP contribution in [0, 0.1) is 23.7 Å². The van der Waals surface area contributed by atoms with Gasteiger partial charge in [0.15, 0.2) is 0 Å². The Labute approximate surface area is 199 Å². The van der Waals surface area contributed by atoms with Crippen LogP contribution < -0.4 is 5.32 Å². The fraction of sp³-hybridized carbons (Fsp3) is 0.444. The van der Waals surface area contributed by atoms with Crippen molar-refractivity contribution in [2.75, 3.05) is 26.2 Å². The molecule has 2 aromatic rings. The van der Waals surface area contributed by atoms with E-state index in [9.17, 15) is 19.5 Å². The molecule has 0 radical (unpaired) electrons. The second-order valence-electron chi connectivity index (χ2n) is 9.80. The summed E-state index contributed by atoms with van der Waals surface area (Å²) in [5, 5.41) is 12.1. The molecule has 2 aliphatic carbocycles. The number of hydrogen-bond donors (Lipinski definition) is 2. The Morgan fingerprint density at radius 3 is 2.29 bits per heavy atom. The van der Waals surface area contributed by atoms with Gasteiger partial charge in [-0.1, -0.05) is 55.5 Å². The van der Waals surface area contributed by atoms with E-state index in [0.29, 0.717) is 26.1 Å². The summed E-state index contributed by atoms with van der Waals surface area (Å²) in [6.07, 6.45) is 0.781. The number of fused-ring (bicyclic) bond motifs is 3. The molecule has 2 amide bonds. The molecule has 1 aliphatic heterocycles. The lowest BCUT2D eigenvalue weighted by Crippen LogP contribution is -2.45. The van der Waals surface area contributed by atoms with Crippen LogP contribution in [0.2, 0.25) is 0 Å². The summed E-state index contributed by atoms with van der Waals surface area (Å²) in [5.41, 5.74) is 4.72. The fourth-order valence-corrected chi connectivity index (χ4v) is 5.59. The predicted molar refractivity (Wildman–Crippen MR) is 126 cm³/mol. The van der Waals surface area contributed by atoms with Crippen LogP contribution in [0.4, 0.5) is 4.79 Å². The second kappa shape index (κ2) is 9.12. The summed E-state index contributed by atoms with van der Waals surface area (Å²) in [5.74, 6) is -1.10. The minimum Gasteiger partial charge on any atom is -0.481 e. The standard InChI is InChI=1S/C27H30N2O5/c1-16-14-29(11-10-18(16)26(31)32)25(30)23-12-17(23)13-28-27(33)34-15-24-21-8-4-2-6-19(21)20-7-3-5-9-22(20)24/h2-9,16-18,23-24H,10-15H2,1H3,(H,28,33)(H,31,32)/t16?,17-,18?,23-/m0/s1. The number of nitrogens with one attached hydrogen (secondary N) is 1. The molecular weight excluding hydrogens is 432 g/mol. The number of likely N-dealkylation sites (tertiary alicyclic amines) is 1. The van der Waals surface area contributed by atoms with Gasteiger partial charge < -0.3 is 20.1 Å². The normalized spacial score (nSPS) is 25.3. The Morgan fingerprint density at radius 2 is 1.68 bits per heavy atom. The van der Waals surface area contributed by atoms with Crippen molar-refractivity contribution in [1.82, 2.24) is 10.2 Å². The largest absolute Gasteiger partial charge is 0.481 e. The van der Waals surface area contributed by atoms with Gasteiger partial charge >= 0.3 is 12.1 Å². The van der Waals surface area contributed by atoms with E-state index in [-0.39, 0.29) is 42.1 Å². The molecule has 1 saturated heterocycles. The first-order chi connectivity index (χ1) is 16.4. The van der Waals surface area contributed by atoms with Crippen molar-refractivity contribution in [1.29, 1.82) is 0 Å². The van der Waals surface area contributed by atoms with Gasteiger partial charge in [0.25, 0.3) is 0 Å². The van der Waals surface area contributed by atoms with E-state index in [1.165, 1.54) is 22.3 Å². The van der Waals surface area contributed by atoms with Crippen LogP contribution in [-0.2, 0) is 14.3 Å². The average molecular weight is 463 g/mol. The Balaban J connectivity index is 1.09. The molecule has 0 aromatic heterocycles. The zero-order chi connectivity index (χ0) is 23.8. The topological polar surface area (TPSA) is 95.9 Å². The molecular formula is C27H30N2O5. The second-order valence-corrected chi connectivity index (χ2v) is 9.80. The van der Waals surface area contributed by atoms with E-state index in [1.807, 2.05) is 31.2 Å². The highest BCUT2D eigenvalue weighted by Gasteiger charge is 2.46. The molecule has 7 heteroatoms. The van der Waals surface area contributed by atoms with Gasteiger partial charge in [0, 0.05) is 31.5 Å². The number of carbonyl (C=O) groups excluding carboxylic acids is 2. The van der Waals surface area contributed by atoms with Gasteiger partial charge in [-0.2, -0.15) is 0 Å². The number of piperidine rings is 1. The molecule has 1 heterocycles. The van der Waals surface area contributed by atoms with Crippen LogP contribution in [0.25, 0.3) is 11.1 Å². The predicted octanol–water partition coefficient (Wildman–Crippen LogP) is 3.73. The SMILES string of the molecule is CC1CN(C(=O)[C@H]2C[C@H]2CNC(=O)OCC2c3ccccc3-c3ccccc32)CCC1C(=O)O. The van der Waals surface area contributed by atoms with Crippen LogP contribution >= 0.6 is 0 Å². The molecule has 2 N–H and O–H groups in total. The summed E-state index contributed by atoms with van der Waals surface area (Å²) >= 11 is 0. The third-order valence-electron chi connectivity index (χ3n) is 7.63. The number of alkyl carbamates (subject to hydrolysis) is 1. The first-order valence-electron chi connectivity index (χ1n) is 12.0. The van der Waals surface area contributed by atoms with Gasteiger partial charge in [0.2, 0.25) is 5.91 Å². The summed E-state index contributed by atoms with van der Waals surface area (Å²) in [6.45, 7) is 3.54. The van der Waals surface area contributed by atoms with Gasteiger partial charge in [-0.05, 0) is 46.9 Å². The van der Waals surface area contributed by atoms with E-state index >= 15 is 0 Å². The number of amides is 2. The number of nitrogens with zero attached hydrogens (tertiary/aromatic N) is 1. The average Bonchev–Trinajstić information content (AvgIpc) is 3.55. The molecule has 0 bridgehead atoms. The lowest BCUT2D eigenvalue weighted by molar-refractivity contribution is -0.148. The van der Waals surface area contributed by atoms with Crippen LogP contribution in [0.5, 0.6) is 0 Å². The third-order valence-corrected chi connectivity index (χ3v) is 7.63. The number of rotatable bonds is 6. The van der Waals surface area contributed by atoms with Crippen molar-refractivity contribution < 1.29 is 24.2 Å². The Kier molecular flexibility index (Phi) is 6.02. The molecule has 5 rings (SSSR count). The zero-order valence-electron chi connectivity index (χ0n) is 19.3. The molecule has 34 heavy (non-hydrogen) atoms. The summed E-state index contributed by atoms with van der Waals surface area (Å²) in [7, 11) is 0. The fourth-order valence-electron chi connectivity index (χ4n) is 5.59. The van der Waals surface area contributed by atoms with Crippen molar-refractivity contribution in [3.8, 4) is 11.1 Å². The Morgan fingerprint density at radius 1 is 1.03 bits per heavy atom. The van der Waals surface area contributed by atoms with Crippen molar-refractivity contribution in [3.05, 3.63) is 59.7 Å². The number of ether oxygens (including phenoxy) is 1. The first-order valence-corrected chi connectivity index (χ1v) is 12.0. The number of hydrogen-bond acceptors (Lipinski definition) is 4. The lowest BCUT2D eigenvalue weighted by Gasteiger charge is -2.35. The molecule has 178 valence electrons. The van der Waals surface area contributed by atoms with Gasteiger partial charge in [-0.3, -0.25) is 9.59 Å². The maximum Gasteiger partial charge on any atom is 0.407 e. The van der Waals surface area contributed by atoms with Gasteiger partial charge in [0.05, 0.1) is 5.92 Å². The Hall–Kier alpha value is -3.35. The highest BCUT2D eigenvalue weighted by atomic mass is 16.5. The highest BCUT2D eigenvalue weighted by molar-refractivity contribution is 5.82. The van der Waals surface area contributed by atoms with Crippen LogP contribution in [0.1, 0.15) is 36.8 Å². The van der Waals surface area contributed by atoms with E-state index in [1.54, 1.807) is 4.90 Å². The summed E-state index contributed by atoms with van der Waals surface area (Å²) in [6, 6.07) is 16.4. The molecule has 0 spiro atoms. The maximum absolute atomic E-state index is 12.8. The molecule has 2 unspecified atom stereocenters. The first kappa shape index (κ1) is 22.4. The van der Waals surface area contributed by atoms with Crippen molar-refractivity contribution >= 4 is 18.0 Å². The number of carboxylic acid groups (broad SMARTS) is 1. The van der Waals surface area contributed by atoms with Gasteiger partial charge in [0.1, 0.15) is 6.61 Å². The Bertz CT molecular complexity index is 1070. The van der Waals surface area contributed by atoms with Crippen molar-refractivity contribution in [2.24, 2.45) is 23.7 Å². The summed E-state index contributed by atoms with van der Waals surface area (Å²) in [4.78, 5) is 38.3. The van der Waals surface area contributed by atoms with E-state index in [0.717, 1.165) is 6.42 Å². The quantitative estimate of drug-likeness (QED) is 0.682. The summed E-state index contributed by atoms with van der Waals surface area (Å²) < 4.78 is 5.58. The minimum atomic E-state index is -0.781. The van der Waals surface area contributed by atoms with Crippen LogP contribution in [0.15, 0.2) is 48.5 Å². The molecule has 2 aromatic carbocycles. The lowest BCUT2D eigenvalue weighted by atomic mass is 9.87. The molecule has 2 fully saturated rings. The van der Waals surface area contributed by atoms with Crippen LogP contribution in [0.3, 0.4) is 0 Å². The van der Waals surface area contributed by atoms with Crippen LogP contribution in [-0.4, -0.2) is 54.2 Å². The van der Waals surface area contributed by atoms with E-state index in [2.05, 4.69) is 29.6 Å². The zero-order valence-corrected chi connectivity index (χ0v) is 19.3.